The molecule has 20 heavy (non-hydrogen) atoms. The number of nitrogens with zero attached hydrogens (tertiary/aromatic N) is 1. The second kappa shape index (κ2) is 5.28. The van der Waals surface area contributed by atoms with Crippen molar-refractivity contribution >= 4 is 23.4 Å². The summed E-state index contributed by atoms with van der Waals surface area (Å²) in [6, 6.07) is 3.09. The highest BCUT2D eigenvalue weighted by Gasteiger charge is 2.36. The Bertz CT molecular complexity index is 588. The number of carbonyl (C=O) groups excluding carboxylic acids is 3. The summed E-state index contributed by atoms with van der Waals surface area (Å²) in [4.78, 5) is 36.6. The number of anilines is 1. The first-order chi connectivity index (χ1) is 9.45. The van der Waals surface area contributed by atoms with Crippen LogP contribution in [0.2, 0.25) is 0 Å². The third kappa shape index (κ3) is 2.34. The standard InChI is InChI=1S/C13H14FN3O3/c1-2-9-12(19)16-10(18)6-17(9)13(20)7-4-3-5-8(14)11(7)15/h3-5,9H,2,6,15H2,1H3,(H,16,18,19). The molecule has 1 aliphatic heterocycles. The normalized spacial score (nSPS) is 18.9. The lowest BCUT2D eigenvalue weighted by atomic mass is 10.1. The quantitative estimate of drug-likeness (QED) is 0.601. The summed E-state index contributed by atoms with van der Waals surface area (Å²) in [5.74, 6) is -2.44. The Balaban J connectivity index is 2.37. The van der Waals surface area contributed by atoms with Gasteiger partial charge in [0.1, 0.15) is 18.4 Å². The number of halogens is 1. The van der Waals surface area contributed by atoms with Crippen molar-refractivity contribution in [3.05, 3.63) is 29.6 Å². The van der Waals surface area contributed by atoms with Crippen LogP contribution in [0.3, 0.4) is 0 Å². The van der Waals surface area contributed by atoms with Crippen molar-refractivity contribution in [2.24, 2.45) is 0 Å². The zero-order valence-corrected chi connectivity index (χ0v) is 10.9. The van der Waals surface area contributed by atoms with Crippen LogP contribution >= 0.6 is 0 Å². The fourth-order valence-electron chi connectivity index (χ4n) is 2.16. The van der Waals surface area contributed by atoms with E-state index < -0.39 is 29.6 Å². The minimum atomic E-state index is -0.761. The number of carbonyl (C=O) groups is 3. The maximum Gasteiger partial charge on any atom is 0.257 e. The van der Waals surface area contributed by atoms with E-state index in [-0.39, 0.29) is 17.8 Å². The summed E-state index contributed by atoms with van der Waals surface area (Å²) in [6.07, 6.45) is 0.347. The van der Waals surface area contributed by atoms with E-state index in [9.17, 15) is 18.8 Å². The van der Waals surface area contributed by atoms with Crippen LogP contribution in [0.15, 0.2) is 18.2 Å². The number of amides is 3. The molecule has 1 atom stereocenters. The lowest BCUT2D eigenvalue weighted by Gasteiger charge is -2.33. The lowest BCUT2D eigenvalue weighted by Crippen LogP contribution is -2.59. The number of piperazine rings is 1. The van der Waals surface area contributed by atoms with E-state index in [2.05, 4.69) is 5.32 Å². The molecule has 106 valence electrons. The van der Waals surface area contributed by atoms with Crippen molar-refractivity contribution in [1.82, 2.24) is 10.2 Å². The van der Waals surface area contributed by atoms with Crippen molar-refractivity contribution in [3.63, 3.8) is 0 Å². The lowest BCUT2D eigenvalue weighted by molar-refractivity contribution is -0.138. The second-order valence-electron chi connectivity index (χ2n) is 4.47. The number of hydrogen-bond donors (Lipinski definition) is 2. The molecule has 1 unspecified atom stereocenters. The van der Waals surface area contributed by atoms with Crippen LogP contribution in [-0.4, -0.2) is 35.2 Å². The molecule has 0 spiro atoms. The minimum absolute atomic E-state index is 0.0500. The summed E-state index contributed by atoms with van der Waals surface area (Å²) in [6.45, 7) is 1.47. The monoisotopic (exact) mass is 279 g/mol. The molecule has 3 N–H and O–H groups in total. The third-order valence-corrected chi connectivity index (χ3v) is 3.19. The number of nitrogens with one attached hydrogen (secondary N) is 1. The van der Waals surface area contributed by atoms with E-state index in [1.807, 2.05) is 0 Å². The van der Waals surface area contributed by atoms with Gasteiger partial charge in [-0.3, -0.25) is 19.7 Å². The number of benzene rings is 1. The molecule has 0 bridgehead atoms. The number of nitrogens with two attached hydrogens (primary N) is 1. The Morgan fingerprint density at radius 2 is 2.20 bits per heavy atom. The van der Waals surface area contributed by atoms with Crippen LogP contribution in [0.25, 0.3) is 0 Å². The van der Waals surface area contributed by atoms with Crippen LogP contribution in [0.4, 0.5) is 10.1 Å². The average molecular weight is 279 g/mol. The number of rotatable bonds is 2. The van der Waals surface area contributed by atoms with Gasteiger partial charge in [0.15, 0.2) is 0 Å². The Morgan fingerprint density at radius 3 is 2.85 bits per heavy atom. The van der Waals surface area contributed by atoms with Crippen LogP contribution in [0, 0.1) is 5.82 Å². The molecule has 0 aliphatic carbocycles. The highest BCUT2D eigenvalue weighted by molar-refractivity contribution is 6.08. The fraction of sp³-hybridized carbons (Fsp3) is 0.308. The van der Waals surface area contributed by atoms with Crippen LogP contribution < -0.4 is 11.1 Å². The van der Waals surface area contributed by atoms with Crippen molar-refractivity contribution in [3.8, 4) is 0 Å². The predicted molar refractivity (Wildman–Crippen MR) is 69.1 cm³/mol. The Kier molecular flexibility index (Phi) is 3.69. The van der Waals surface area contributed by atoms with E-state index >= 15 is 0 Å². The average Bonchev–Trinajstić information content (AvgIpc) is 2.40. The summed E-state index contributed by atoms with van der Waals surface area (Å²) in [7, 11) is 0. The number of para-hydroxylation sites is 1. The van der Waals surface area contributed by atoms with Gasteiger partial charge in [-0.1, -0.05) is 13.0 Å². The zero-order chi connectivity index (χ0) is 14.9. The SMILES string of the molecule is CCC1C(=O)NC(=O)CN1C(=O)c1cccc(F)c1N. The zero-order valence-electron chi connectivity index (χ0n) is 10.9. The topological polar surface area (TPSA) is 92.5 Å². The van der Waals surface area contributed by atoms with Crippen molar-refractivity contribution in [1.29, 1.82) is 0 Å². The van der Waals surface area contributed by atoms with Gasteiger partial charge in [0.2, 0.25) is 11.8 Å². The van der Waals surface area contributed by atoms with Gasteiger partial charge in [-0.05, 0) is 18.6 Å². The highest BCUT2D eigenvalue weighted by atomic mass is 19.1. The van der Waals surface area contributed by atoms with E-state index in [1.54, 1.807) is 6.92 Å². The number of imide groups is 1. The predicted octanol–water partition coefficient (Wildman–Crippen LogP) is 0.285. The Morgan fingerprint density at radius 1 is 1.50 bits per heavy atom. The van der Waals surface area contributed by atoms with E-state index in [0.717, 1.165) is 11.0 Å². The molecule has 0 saturated carbocycles. The molecule has 2 rings (SSSR count). The third-order valence-electron chi connectivity index (χ3n) is 3.19. The van der Waals surface area contributed by atoms with Gasteiger partial charge in [-0.15, -0.1) is 0 Å². The van der Waals surface area contributed by atoms with Crippen LogP contribution in [0.1, 0.15) is 23.7 Å². The molecule has 0 aromatic heterocycles. The second-order valence-corrected chi connectivity index (χ2v) is 4.47. The largest absolute Gasteiger partial charge is 0.396 e. The van der Waals surface area contributed by atoms with Crippen molar-refractivity contribution in [2.75, 3.05) is 12.3 Å². The Hall–Kier alpha value is -2.44. The minimum Gasteiger partial charge on any atom is -0.396 e. The van der Waals surface area contributed by atoms with Crippen molar-refractivity contribution in [2.45, 2.75) is 19.4 Å². The summed E-state index contributed by atoms with van der Waals surface area (Å²) in [5.41, 5.74) is 5.20. The molecule has 1 saturated heterocycles. The molecule has 3 amide bonds. The first-order valence-electron chi connectivity index (χ1n) is 6.14. The molecule has 1 heterocycles. The molecule has 1 aliphatic rings. The van der Waals surface area contributed by atoms with Gasteiger partial charge < -0.3 is 10.6 Å². The first kappa shape index (κ1) is 14.0. The van der Waals surface area contributed by atoms with Crippen LogP contribution in [0.5, 0.6) is 0 Å². The Labute approximate surface area is 114 Å². The van der Waals surface area contributed by atoms with Gasteiger partial charge in [0.05, 0.1) is 11.3 Å². The van der Waals surface area contributed by atoms with Gasteiger partial charge in [0.25, 0.3) is 5.91 Å². The van der Waals surface area contributed by atoms with Gasteiger partial charge in [-0.25, -0.2) is 4.39 Å². The van der Waals surface area contributed by atoms with Gasteiger partial charge in [0, 0.05) is 0 Å². The molecule has 1 aromatic rings. The fourth-order valence-corrected chi connectivity index (χ4v) is 2.16. The molecular weight excluding hydrogens is 265 g/mol. The molecule has 1 fully saturated rings. The summed E-state index contributed by atoms with van der Waals surface area (Å²) >= 11 is 0. The van der Waals surface area contributed by atoms with Crippen LogP contribution in [-0.2, 0) is 9.59 Å². The molecule has 0 radical (unpaired) electrons. The number of hydrogen-bond acceptors (Lipinski definition) is 4. The molecule has 6 nitrogen and oxygen atoms in total. The number of nitrogen functional groups attached to an aromatic ring is 1. The van der Waals surface area contributed by atoms with E-state index in [4.69, 9.17) is 5.73 Å². The maximum absolute atomic E-state index is 13.4. The van der Waals surface area contributed by atoms with Gasteiger partial charge >= 0.3 is 0 Å². The molecule has 1 aromatic carbocycles. The summed E-state index contributed by atoms with van der Waals surface area (Å²) in [5, 5.41) is 2.17. The van der Waals surface area contributed by atoms with E-state index in [0.29, 0.717) is 6.42 Å². The molecule has 7 heteroatoms. The summed E-state index contributed by atoms with van der Waals surface area (Å²) < 4.78 is 13.4. The smallest absolute Gasteiger partial charge is 0.257 e. The van der Waals surface area contributed by atoms with Gasteiger partial charge in [-0.2, -0.15) is 0 Å². The maximum atomic E-state index is 13.4. The highest BCUT2D eigenvalue weighted by Crippen LogP contribution is 2.20. The first-order valence-corrected chi connectivity index (χ1v) is 6.14. The molecular formula is C13H14FN3O3. The van der Waals surface area contributed by atoms with E-state index in [1.165, 1.54) is 12.1 Å². The van der Waals surface area contributed by atoms with Crippen molar-refractivity contribution < 1.29 is 18.8 Å².